The number of hydrogen-bond donors (Lipinski definition) is 1. The Bertz CT molecular complexity index is 502. The summed E-state index contributed by atoms with van der Waals surface area (Å²) in [7, 11) is 0. The van der Waals surface area contributed by atoms with Gasteiger partial charge in [0.2, 0.25) is 0 Å². The van der Waals surface area contributed by atoms with Crippen LogP contribution in [0.2, 0.25) is 0 Å². The smallest absolute Gasteiger partial charge is 0.254 e. The molecule has 1 aliphatic rings. The average molecular weight is 323 g/mol. The maximum Gasteiger partial charge on any atom is 0.254 e. The Kier molecular flexibility index (Phi) is 6.23. The summed E-state index contributed by atoms with van der Waals surface area (Å²) in [5.74, 6) is -0.0568. The highest BCUT2D eigenvalue weighted by atomic mass is 32.2. The maximum absolute atomic E-state index is 12.3. The van der Waals surface area contributed by atoms with Crippen molar-refractivity contribution in [2.24, 2.45) is 0 Å². The van der Waals surface area contributed by atoms with Crippen LogP contribution in [0.1, 0.15) is 31.1 Å². The SMILES string of the molecule is CSc1ncccc1C(=O)NC[C@H](C)N1C[C@@H](C)O[C@H](C)C1. The van der Waals surface area contributed by atoms with Crippen LogP contribution in [0.15, 0.2) is 23.4 Å². The van der Waals surface area contributed by atoms with Crippen LogP contribution in [0.5, 0.6) is 0 Å². The minimum Gasteiger partial charge on any atom is -0.373 e. The topological polar surface area (TPSA) is 54.5 Å². The van der Waals surface area contributed by atoms with Crippen molar-refractivity contribution in [3.63, 3.8) is 0 Å². The molecule has 0 aliphatic carbocycles. The Labute approximate surface area is 136 Å². The Morgan fingerprint density at radius 1 is 1.50 bits per heavy atom. The normalized spacial score (nSPS) is 24.0. The monoisotopic (exact) mass is 323 g/mol. The van der Waals surface area contributed by atoms with Gasteiger partial charge < -0.3 is 10.1 Å². The lowest BCUT2D eigenvalue weighted by Crippen LogP contribution is -2.52. The van der Waals surface area contributed by atoms with E-state index in [1.54, 1.807) is 12.3 Å². The molecule has 22 heavy (non-hydrogen) atoms. The first-order valence-electron chi connectivity index (χ1n) is 7.68. The summed E-state index contributed by atoms with van der Waals surface area (Å²) < 4.78 is 5.75. The van der Waals surface area contributed by atoms with Crippen LogP contribution in [0, 0.1) is 0 Å². The number of carbonyl (C=O) groups is 1. The van der Waals surface area contributed by atoms with Gasteiger partial charge in [-0.15, -0.1) is 11.8 Å². The molecule has 6 heteroatoms. The predicted molar refractivity (Wildman–Crippen MR) is 89.4 cm³/mol. The molecular formula is C16H25N3O2S. The number of ether oxygens (including phenoxy) is 1. The van der Waals surface area contributed by atoms with E-state index in [1.165, 1.54) is 11.8 Å². The van der Waals surface area contributed by atoms with Gasteiger partial charge in [-0.05, 0) is 39.2 Å². The number of amides is 1. The van der Waals surface area contributed by atoms with E-state index in [-0.39, 0.29) is 24.2 Å². The van der Waals surface area contributed by atoms with Gasteiger partial charge in [-0.2, -0.15) is 0 Å². The van der Waals surface area contributed by atoms with Gasteiger partial charge in [0.1, 0.15) is 5.03 Å². The van der Waals surface area contributed by atoms with E-state index in [9.17, 15) is 4.79 Å². The van der Waals surface area contributed by atoms with Gasteiger partial charge >= 0.3 is 0 Å². The van der Waals surface area contributed by atoms with Crippen molar-refractivity contribution < 1.29 is 9.53 Å². The van der Waals surface area contributed by atoms with Gasteiger partial charge in [-0.25, -0.2) is 4.98 Å². The Morgan fingerprint density at radius 3 is 2.82 bits per heavy atom. The molecule has 1 aromatic heterocycles. The first-order valence-corrected chi connectivity index (χ1v) is 8.90. The van der Waals surface area contributed by atoms with Gasteiger partial charge in [0, 0.05) is 31.9 Å². The largest absolute Gasteiger partial charge is 0.373 e. The summed E-state index contributed by atoms with van der Waals surface area (Å²) in [6, 6.07) is 3.90. The third kappa shape index (κ3) is 4.44. The zero-order valence-electron chi connectivity index (χ0n) is 13.7. The molecule has 0 bridgehead atoms. The van der Waals surface area contributed by atoms with Crippen LogP contribution in [0.4, 0.5) is 0 Å². The number of nitrogens with one attached hydrogen (secondary N) is 1. The fourth-order valence-corrected chi connectivity index (χ4v) is 3.32. The lowest BCUT2D eigenvalue weighted by atomic mass is 10.1. The van der Waals surface area contributed by atoms with Crippen LogP contribution in [0.3, 0.4) is 0 Å². The Balaban J connectivity index is 1.90. The van der Waals surface area contributed by atoms with Gasteiger partial charge in [0.15, 0.2) is 0 Å². The number of rotatable bonds is 5. The molecule has 0 aromatic carbocycles. The van der Waals surface area contributed by atoms with E-state index >= 15 is 0 Å². The van der Waals surface area contributed by atoms with Crippen LogP contribution in [0.25, 0.3) is 0 Å². The minimum absolute atomic E-state index is 0.0568. The second kappa shape index (κ2) is 7.94. The van der Waals surface area contributed by atoms with Gasteiger partial charge in [0.05, 0.1) is 17.8 Å². The highest BCUT2D eigenvalue weighted by Crippen LogP contribution is 2.17. The third-order valence-electron chi connectivity index (χ3n) is 3.84. The molecule has 2 heterocycles. The molecule has 1 amide bonds. The molecule has 5 nitrogen and oxygen atoms in total. The Morgan fingerprint density at radius 2 is 2.18 bits per heavy atom. The zero-order valence-corrected chi connectivity index (χ0v) is 14.5. The summed E-state index contributed by atoms with van der Waals surface area (Å²) in [6.45, 7) is 8.77. The summed E-state index contributed by atoms with van der Waals surface area (Å²) in [5.41, 5.74) is 0.644. The van der Waals surface area contributed by atoms with Gasteiger partial charge in [-0.3, -0.25) is 9.69 Å². The second-order valence-corrected chi connectivity index (χ2v) is 6.63. The molecule has 1 aromatic rings. The summed E-state index contributed by atoms with van der Waals surface area (Å²) in [5, 5.41) is 3.79. The minimum atomic E-state index is -0.0568. The molecule has 0 saturated carbocycles. The maximum atomic E-state index is 12.3. The number of hydrogen-bond acceptors (Lipinski definition) is 5. The number of pyridine rings is 1. The average Bonchev–Trinajstić information content (AvgIpc) is 2.51. The van der Waals surface area contributed by atoms with Crippen LogP contribution in [-0.4, -0.2) is 59.9 Å². The molecule has 1 N–H and O–H groups in total. The number of morpholine rings is 1. The number of aromatic nitrogens is 1. The van der Waals surface area contributed by atoms with Crippen molar-refractivity contribution in [1.29, 1.82) is 0 Å². The van der Waals surface area contributed by atoms with Gasteiger partial charge in [0.25, 0.3) is 5.91 Å². The fourth-order valence-electron chi connectivity index (χ4n) is 2.77. The predicted octanol–water partition coefficient (Wildman–Crippen LogP) is 2.03. The van der Waals surface area contributed by atoms with E-state index in [4.69, 9.17) is 4.74 Å². The van der Waals surface area contributed by atoms with Crippen molar-refractivity contribution in [3.05, 3.63) is 23.9 Å². The third-order valence-corrected chi connectivity index (χ3v) is 4.55. The van der Waals surface area contributed by atoms with Crippen molar-refractivity contribution in [2.75, 3.05) is 25.9 Å². The highest BCUT2D eigenvalue weighted by molar-refractivity contribution is 7.98. The molecule has 0 spiro atoms. The molecule has 1 fully saturated rings. The Hall–Kier alpha value is -1.11. The molecule has 122 valence electrons. The molecule has 0 radical (unpaired) electrons. The summed E-state index contributed by atoms with van der Waals surface area (Å²) in [6.07, 6.45) is 4.12. The molecular weight excluding hydrogens is 298 g/mol. The van der Waals surface area contributed by atoms with Crippen molar-refractivity contribution in [3.8, 4) is 0 Å². The lowest BCUT2D eigenvalue weighted by molar-refractivity contribution is -0.0778. The van der Waals surface area contributed by atoms with Crippen LogP contribution in [-0.2, 0) is 4.74 Å². The first kappa shape index (κ1) is 17.2. The van der Waals surface area contributed by atoms with Crippen LogP contribution >= 0.6 is 11.8 Å². The van der Waals surface area contributed by atoms with E-state index in [0.717, 1.165) is 18.1 Å². The van der Waals surface area contributed by atoms with E-state index in [0.29, 0.717) is 12.1 Å². The molecule has 1 aliphatic heterocycles. The van der Waals surface area contributed by atoms with Crippen molar-refractivity contribution in [2.45, 2.75) is 44.0 Å². The number of thioether (sulfide) groups is 1. The van der Waals surface area contributed by atoms with Gasteiger partial charge in [-0.1, -0.05) is 0 Å². The fraction of sp³-hybridized carbons (Fsp3) is 0.625. The molecule has 3 atom stereocenters. The molecule has 0 unspecified atom stereocenters. The zero-order chi connectivity index (χ0) is 16.1. The molecule has 1 saturated heterocycles. The van der Waals surface area contributed by atoms with Crippen molar-refractivity contribution >= 4 is 17.7 Å². The summed E-state index contributed by atoms with van der Waals surface area (Å²) in [4.78, 5) is 18.9. The van der Waals surface area contributed by atoms with E-state index in [2.05, 4.69) is 36.0 Å². The van der Waals surface area contributed by atoms with Crippen molar-refractivity contribution in [1.82, 2.24) is 15.2 Å². The quantitative estimate of drug-likeness (QED) is 0.840. The lowest BCUT2D eigenvalue weighted by Gasteiger charge is -2.39. The number of nitrogens with zero attached hydrogens (tertiary/aromatic N) is 2. The standard InChI is InChI=1S/C16H25N3O2S/c1-11(19-9-12(2)21-13(3)10-19)8-18-15(20)14-6-5-7-17-16(14)22-4/h5-7,11-13H,8-10H2,1-4H3,(H,18,20)/t11-,12+,13+/m0/s1. The van der Waals surface area contributed by atoms with E-state index < -0.39 is 0 Å². The molecule has 2 rings (SSSR count). The highest BCUT2D eigenvalue weighted by Gasteiger charge is 2.26. The number of carbonyl (C=O) groups excluding carboxylic acids is 1. The van der Waals surface area contributed by atoms with Crippen LogP contribution < -0.4 is 5.32 Å². The second-order valence-electron chi connectivity index (χ2n) is 5.83. The van der Waals surface area contributed by atoms with E-state index in [1.807, 2.05) is 12.3 Å². The summed E-state index contributed by atoms with van der Waals surface area (Å²) >= 11 is 1.49. The first-order chi connectivity index (χ1) is 10.5.